The lowest BCUT2D eigenvalue weighted by molar-refractivity contribution is 0.175. The Labute approximate surface area is 105 Å². The van der Waals surface area contributed by atoms with Crippen LogP contribution < -0.4 is 0 Å². The molecule has 0 spiro atoms. The van der Waals surface area contributed by atoms with Crippen molar-refractivity contribution in [3.63, 3.8) is 0 Å². The van der Waals surface area contributed by atoms with E-state index in [9.17, 15) is 9.50 Å². The van der Waals surface area contributed by atoms with Gasteiger partial charge < -0.3 is 9.67 Å². The van der Waals surface area contributed by atoms with E-state index in [2.05, 4.69) is 0 Å². The molecule has 2 nitrogen and oxygen atoms in total. The maximum absolute atomic E-state index is 13.4. The quantitative estimate of drug-likeness (QED) is 0.894. The maximum Gasteiger partial charge on any atom is 0.142 e. The second-order valence-electron chi connectivity index (χ2n) is 4.29. The maximum atomic E-state index is 13.4. The van der Waals surface area contributed by atoms with Gasteiger partial charge in [0.2, 0.25) is 0 Å². The van der Waals surface area contributed by atoms with Crippen LogP contribution in [0.1, 0.15) is 19.4 Å². The Kier molecular flexibility index (Phi) is 3.40. The number of nitrogens with zero attached hydrogens (tertiary/aromatic N) is 1. The number of benzene rings is 1. The molecule has 1 heterocycles. The SMILES string of the molecule is CCc1cn(C[C@@H](C)O)c2cc(Cl)c(F)cc12. The van der Waals surface area contributed by atoms with Gasteiger partial charge in [0.05, 0.1) is 16.6 Å². The van der Waals surface area contributed by atoms with Gasteiger partial charge in [-0.15, -0.1) is 0 Å². The molecule has 4 heteroatoms. The number of aryl methyl sites for hydroxylation is 1. The van der Waals surface area contributed by atoms with E-state index in [1.165, 1.54) is 6.07 Å². The molecule has 1 N–H and O–H groups in total. The molecular weight excluding hydrogens is 241 g/mol. The zero-order valence-electron chi connectivity index (χ0n) is 9.87. The fraction of sp³-hybridized carbons (Fsp3) is 0.385. The van der Waals surface area contributed by atoms with E-state index < -0.39 is 11.9 Å². The van der Waals surface area contributed by atoms with Crippen LogP contribution in [0.2, 0.25) is 5.02 Å². The molecule has 0 amide bonds. The second kappa shape index (κ2) is 4.67. The highest BCUT2D eigenvalue weighted by atomic mass is 35.5. The zero-order valence-corrected chi connectivity index (χ0v) is 10.6. The smallest absolute Gasteiger partial charge is 0.142 e. The number of fused-ring (bicyclic) bond motifs is 1. The number of halogens is 2. The predicted molar refractivity (Wildman–Crippen MR) is 68.0 cm³/mol. The highest BCUT2D eigenvalue weighted by Crippen LogP contribution is 2.27. The predicted octanol–water partition coefficient (Wildman–Crippen LogP) is 3.38. The Morgan fingerprint density at radius 2 is 2.18 bits per heavy atom. The molecule has 1 aromatic heterocycles. The highest BCUT2D eigenvalue weighted by molar-refractivity contribution is 6.31. The molecule has 0 saturated carbocycles. The molecule has 2 rings (SSSR count). The lowest BCUT2D eigenvalue weighted by Crippen LogP contribution is -2.10. The molecule has 0 unspecified atom stereocenters. The average molecular weight is 256 g/mol. The summed E-state index contributed by atoms with van der Waals surface area (Å²) in [6.45, 7) is 4.23. The van der Waals surface area contributed by atoms with Crippen molar-refractivity contribution in [1.29, 1.82) is 0 Å². The second-order valence-corrected chi connectivity index (χ2v) is 4.70. The summed E-state index contributed by atoms with van der Waals surface area (Å²) < 4.78 is 15.4. The molecule has 92 valence electrons. The van der Waals surface area contributed by atoms with Gasteiger partial charge in [0, 0.05) is 18.1 Å². The van der Waals surface area contributed by atoms with Crippen molar-refractivity contribution >= 4 is 22.5 Å². The van der Waals surface area contributed by atoms with E-state index in [0.717, 1.165) is 22.9 Å². The van der Waals surface area contributed by atoms with Gasteiger partial charge in [0.15, 0.2) is 0 Å². The minimum atomic E-state index is -0.445. The van der Waals surface area contributed by atoms with E-state index in [1.54, 1.807) is 13.0 Å². The zero-order chi connectivity index (χ0) is 12.6. The van der Waals surface area contributed by atoms with Crippen molar-refractivity contribution in [2.24, 2.45) is 0 Å². The van der Waals surface area contributed by atoms with E-state index in [1.807, 2.05) is 17.7 Å². The summed E-state index contributed by atoms with van der Waals surface area (Å²) in [4.78, 5) is 0. The van der Waals surface area contributed by atoms with Gasteiger partial charge in [-0.25, -0.2) is 4.39 Å². The summed E-state index contributed by atoms with van der Waals surface area (Å²) in [6.07, 6.45) is 2.33. The van der Waals surface area contributed by atoms with Crippen molar-refractivity contribution < 1.29 is 9.50 Å². The van der Waals surface area contributed by atoms with Gasteiger partial charge in [-0.2, -0.15) is 0 Å². The number of aromatic nitrogens is 1. The van der Waals surface area contributed by atoms with Gasteiger partial charge in [0.25, 0.3) is 0 Å². The first-order valence-electron chi connectivity index (χ1n) is 5.67. The Balaban J connectivity index is 2.65. The number of rotatable bonds is 3. The van der Waals surface area contributed by atoms with Gasteiger partial charge in [-0.3, -0.25) is 0 Å². The van der Waals surface area contributed by atoms with Crippen molar-refractivity contribution in [3.8, 4) is 0 Å². The number of aliphatic hydroxyl groups is 1. The standard InChI is InChI=1S/C13H15ClFNO/c1-3-9-7-16(6-8(2)17)13-5-11(14)12(15)4-10(9)13/h4-5,7-8,17H,3,6H2,1-2H3/t8-/m1/s1. The lowest BCUT2D eigenvalue weighted by atomic mass is 10.1. The molecule has 0 radical (unpaired) electrons. The highest BCUT2D eigenvalue weighted by Gasteiger charge is 2.12. The van der Waals surface area contributed by atoms with Gasteiger partial charge in [0.1, 0.15) is 5.82 Å². The van der Waals surface area contributed by atoms with E-state index in [4.69, 9.17) is 11.6 Å². The molecule has 0 aliphatic heterocycles. The molecule has 0 aliphatic carbocycles. The van der Waals surface area contributed by atoms with Crippen LogP contribution in [0.4, 0.5) is 4.39 Å². The topological polar surface area (TPSA) is 25.2 Å². The van der Waals surface area contributed by atoms with Gasteiger partial charge in [-0.1, -0.05) is 18.5 Å². The van der Waals surface area contributed by atoms with Crippen molar-refractivity contribution in [2.45, 2.75) is 32.9 Å². The van der Waals surface area contributed by atoms with Gasteiger partial charge >= 0.3 is 0 Å². The Hall–Kier alpha value is -1.06. The third-order valence-electron chi connectivity index (χ3n) is 2.85. The summed E-state index contributed by atoms with van der Waals surface area (Å²) in [5, 5.41) is 10.4. The van der Waals surface area contributed by atoms with Crippen molar-refractivity contribution in [1.82, 2.24) is 4.57 Å². The Morgan fingerprint density at radius 3 is 2.76 bits per heavy atom. The van der Waals surface area contributed by atoms with E-state index in [-0.39, 0.29) is 5.02 Å². The van der Waals surface area contributed by atoms with Crippen LogP contribution in [0.5, 0.6) is 0 Å². The molecule has 1 aromatic carbocycles. The number of aliphatic hydroxyl groups excluding tert-OH is 1. The van der Waals surface area contributed by atoms with Crippen molar-refractivity contribution in [3.05, 3.63) is 34.7 Å². The lowest BCUT2D eigenvalue weighted by Gasteiger charge is -2.07. The van der Waals surface area contributed by atoms with Crippen molar-refractivity contribution in [2.75, 3.05) is 0 Å². The average Bonchev–Trinajstić information content (AvgIpc) is 2.57. The van der Waals surface area contributed by atoms with Crippen LogP contribution >= 0.6 is 11.6 Å². The number of hydrogen-bond acceptors (Lipinski definition) is 1. The summed E-state index contributed by atoms with van der Waals surface area (Å²) >= 11 is 5.80. The summed E-state index contributed by atoms with van der Waals surface area (Å²) in [5.74, 6) is -0.399. The van der Waals surface area contributed by atoms with Crippen LogP contribution in [0, 0.1) is 5.82 Å². The first-order chi connectivity index (χ1) is 8.02. The Bertz CT molecular complexity index is 548. The molecule has 0 aliphatic rings. The summed E-state index contributed by atoms with van der Waals surface area (Å²) in [7, 11) is 0. The number of hydrogen-bond donors (Lipinski definition) is 1. The Morgan fingerprint density at radius 1 is 1.47 bits per heavy atom. The largest absolute Gasteiger partial charge is 0.392 e. The van der Waals surface area contributed by atoms with Gasteiger partial charge in [-0.05, 0) is 31.0 Å². The first kappa shape index (κ1) is 12.4. The summed E-state index contributed by atoms with van der Waals surface area (Å²) in [6, 6.07) is 3.09. The van der Waals surface area contributed by atoms with Crippen LogP contribution in [-0.2, 0) is 13.0 Å². The minimum absolute atomic E-state index is 0.116. The molecule has 0 fully saturated rings. The third kappa shape index (κ3) is 2.31. The summed E-state index contributed by atoms with van der Waals surface area (Å²) in [5.41, 5.74) is 1.94. The minimum Gasteiger partial charge on any atom is -0.392 e. The first-order valence-corrected chi connectivity index (χ1v) is 6.05. The molecule has 0 bridgehead atoms. The van der Waals surface area contributed by atoms with Crippen LogP contribution in [0.25, 0.3) is 10.9 Å². The molecule has 2 aromatic rings. The monoisotopic (exact) mass is 255 g/mol. The third-order valence-corrected chi connectivity index (χ3v) is 3.14. The van der Waals surface area contributed by atoms with E-state index in [0.29, 0.717) is 6.54 Å². The molecule has 17 heavy (non-hydrogen) atoms. The molecule has 0 saturated heterocycles. The fourth-order valence-corrected chi connectivity index (χ4v) is 2.23. The van der Waals surface area contributed by atoms with E-state index >= 15 is 0 Å². The normalized spacial score (nSPS) is 13.2. The van der Waals surface area contributed by atoms with Crippen LogP contribution in [0.15, 0.2) is 18.3 Å². The van der Waals surface area contributed by atoms with Crippen LogP contribution in [-0.4, -0.2) is 15.8 Å². The molecular formula is C13H15ClFNO. The van der Waals surface area contributed by atoms with Crippen LogP contribution in [0.3, 0.4) is 0 Å². The fourth-order valence-electron chi connectivity index (χ4n) is 2.08. The molecule has 1 atom stereocenters.